The van der Waals surface area contributed by atoms with Gasteiger partial charge in [0.25, 0.3) is 0 Å². The van der Waals surface area contributed by atoms with Crippen LogP contribution in [0.4, 0.5) is 0 Å². The lowest BCUT2D eigenvalue weighted by Crippen LogP contribution is -2.06. The third-order valence-corrected chi connectivity index (χ3v) is 1.76. The zero-order chi connectivity index (χ0) is 11.7. The second-order valence-corrected chi connectivity index (χ2v) is 3.26. The molecule has 0 bridgehead atoms. The van der Waals surface area contributed by atoms with Gasteiger partial charge in [0.2, 0.25) is 0 Å². The van der Waals surface area contributed by atoms with Gasteiger partial charge in [-0.3, -0.25) is 9.59 Å². The molecule has 0 aliphatic heterocycles. The van der Waals surface area contributed by atoms with Gasteiger partial charge in [-0.25, -0.2) is 0 Å². The largest absolute Gasteiger partial charge is 0.466 e. The molecule has 0 N–H and O–H groups in total. The second kappa shape index (κ2) is 8.17. The molecule has 0 aromatic heterocycles. The van der Waals surface area contributed by atoms with Crippen LogP contribution in [0.25, 0.3) is 0 Å². The van der Waals surface area contributed by atoms with Gasteiger partial charge in [-0.2, -0.15) is 0 Å². The zero-order valence-electron chi connectivity index (χ0n) is 9.38. The summed E-state index contributed by atoms with van der Waals surface area (Å²) in [6.07, 6.45) is 1.57. The molecule has 0 heterocycles. The molecule has 0 aliphatic carbocycles. The van der Waals surface area contributed by atoms with Crippen LogP contribution < -0.4 is 0 Å². The molecule has 0 radical (unpaired) electrons. The Labute approximate surface area is 90.2 Å². The number of hydrogen-bond acceptors (Lipinski definition) is 4. The van der Waals surface area contributed by atoms with Crippen LogP contribution in [-0.4, -0.2) is 31.6 Å². The van der Waals surface area contributed by atoms with E-state index in [9.17, 15) is 9.59 Å². The van der Waals surface area contributed by atoms with Crippen LogP contribution in [0.1, 0.15) is 26.7 Å². The first kappa shape index (κ1) is 13.8. The number of Topliss-reactive ketones (excluding diaryl/α,β-unsaturated/α-hetero) is 1. The molecule has 4 nitrogen and oxygen atoms in total. The molecule has 0 amide bonds. The van der Waals surface area contributed by atoms with E-state index in [0.29, 0.717) is 18.8 Å². The minimum atomic E-state index is -0.263. The molecule has 4 heteroatoms. The first-order chi connectivity index (χ1) is 7.04. The van der Waals surface area contributed by atoms with E-state index in [1.165, 1.54) is 13.8 Å². The van der Waals surface area contributed by atoms with Crippen LogP contribution in [-0.2, 0) is 19.1 Å². The first-order valence-electron chi connectivity index (χ1n) is 4.94. The molecule has 0 saturated carbocycles. The number of hydrogen-bond donors (Lipinski definition) is 0. The normalized spacial score (nSPS) is 9.73. The zero-order valence-corrected chi connectivity index (χ0v) is 9.38. The van der Waals surface area contributed by atoms with Crippen LogP contribution in [0, 0.1) is 0 Å². The highest BCUT2D eigenvalue weighted by Gasteiger charge is 1.99. The van der Waals surface area contributed by atoms with Crippen LogP contribution >= 0.6 is 0 Å². The van der Waals surface area contributed by atoms with Gasteiger partial charge < -0.3 is 9.47 Å². The average molecular weight is 214 g/mol. The lowest BCUT2D eigenvalue weighted by atomic mass is 10.2. The van der Waals surface area contributed by atoms with Crippen molar-refractivity contribution >= 4 is 11.8 Å². The van der Waals surface area contributed by atoms with Gasteiger partial charge in [-0.05, 0) is 19.8 Å². The molecule has 0 atom stereocenters. The quantitative estimate of drug-likeness (QED) is 0.349. The Morgan fingerprint density at radius 2 is 1.73 bits per heavy atom. The highest BCUT2D eigenvalue weighted by Crippen LogP contribution is 1.96. The number of carbonyl (C=O) groups is 2. The lowest BCUT2D eigenvalue weighted by molar-refractivity contribution is -0.141. The maximum Gasteiger partial charge on any atom is 0.302 e. The van der Waals surface area contributed by atoms with E-state index >= 15 is 0 Å². The van der Waals surface area contributed by atoms with Gasteiger partial charge >= 0.3 is 5.97 Å². The molecular weight excluding hydrogens is 196 g/mol. The Balaban J connectivity index is 3.22. The summed E-state index contributed by atoms with van der Waals surface area (Å²) in [5.41, 5.74) is 0.481. The topological polar surface area (TPSA) is 52.6 Å². The van der Waals surface area contributed by atoms with E-state index in [-0.39, 0.29) is 18.4 Å². The monoisotopic (exact) mass is 214 g/mol. The molecule has 0 aromatic carbocycles. The summed E-state index contributed by atoms with van der Waals surface area (Å²) in [6.45, 7) is 7.67. The first-order valence-corrected chi connectivity index (χ1v) is 4.94. The highest BCUT2D eigenvalue weighted by atomic mass is 16.5. The van der Waals surface area contributed by atoms with E-state index in [1.54, 1.807) is 0 Å². The SMILES string of the molecule is C=C(COCCCCOC(C)=O)C(C)=O. The second-order valence-electron chi connectivity index (χ2n) is 3.26. The lowest BCUT2D eigenvalue weighted by Gasteiger charge is -2.04. The molecular formula is C11H18O4. The maximum atomic E-state index is 10.7. The number of ketones is 1. The molecule has 0 unspecified atom stereocenters. The van der Waals surface area contributed by atoms with Crippen molar-refractivity contribution in [2.75, 3.05) is 19.8 Å². The van der Waals surface area contributed by atoms with Gasteiger partial charge in [0.1, 0.15) is 0 Å². The summed E-state index contributed by atoms with van der Waals surface area (Å²) in [5.74, 6) is -0.309. The summed E-state index contributed by atoms with van der Waals surface area (Å²) < 4.78 is 9.94. The summed E-state index contributed by atoms with van der Waals surface area (Å²) in [6, 6.07) is 0. The average Bonchev–Trinajstić information content (AvgIpc) is 2.15. The Kier molecular flexibility index (Phi) is 7.54. The molecule has 86 valence electrons. The number of ether oxygens (including phenoxy) is 2. The van der Waals surface area contributed by atoms with Crippen molar-refractivity contribution < 1.29 is 19.1 Å². The van der Waals surface area contributed by atoms with Crippen molar-refractivity contribution in [3.05, 3.63) is 12.2 Å². The van der Waals surface area contributed by atoms with Gasteiger partial charge in [0, 0.05) is 19.1 Å². The van der Waals surface area contributed by atoms with Crippen LogP contribution in [0.5, 0.6) is 0 Å². The smallest absolute Gasteiger partial charge is 0.302 e. The predicted octanol–water partition coefficient (Wildman–Crippen LogP) is 1.49. The number of carbonyl (C=O) groups excluding carboxylic acids is 2. The molecule has 0 spiro atoms. The standard InChI is InChI=1S/C11H18O4/c1-9(10(2)12)8-14-6-4-5-7-15-11(3)13/h1,4-8H2,2-3H3. The Hall–Kier alpha value is -1.16. The summed E-state index contributed by atoms with van der Waals surface area (Å²) >= 11 is 0. The summed E-state index contributed by atoms with van der Waals surface area (Å²) in [5, 5.41) is 0. The molecule has 0 saturated heterocycles. The Bertz CT molecular complexity index is 233. The van der Waals surface area contributed by atoms with E-state index in [1.807, 2.05) is 0 Å². The fourth-order valence-corrected chi connectivity index (χ4v) is 0.819. The van der Waals surface area contributed by atoms with Crippen molar-refractivity contribution in [1.29, 1.82) is 0 Å². The molecule has 0 aromatic rings. The molecule has 0 fully saturated rings. The predicted molar refractivity (Wildman–Crippen MR) is 56.5 cm³/mol. The van der Waals surface area contributed by atoms with E-state index < -0.39 is 0 Å². The van der Waals surface area contributed by atoms with E-state index in [0.717, 1.165) is 12.8 Å². The van der Waals surface area contributed by atoms with Crippen LogP contribution in [0.2, 0.25) is 0 Å². The summed E-state index contributed by atoms with van der Waals surface area (Å²) in [4.78, 5) is 21.1. The van der Waals surface area contributed by atoms with Crippen LogP contribution in [0.3, 0.4) is 0 Å². The van der Waals surface area contributed by atoms with E-state index in [4.69, 9.17) is 9.47 Å². The fourth-order valence-electron chi connectivity index (χ4n) is 0.819. The van der Waals surface area contributed by atoms with Gasteiger partial charge in [0.15, 0.2) is 5.78 Å². The highest BCUT2D eigenvalue weighted by molar-refractivity contribution is 5.92. The molecule has 0 aliphatic rings. The van der Waals surface area contributed by atoms with Crippen molar-refractivity contribution in [2.24, 2.45) is 0 Å². The molecule has 15 heavy (non-hydrogen) atoms. The van der Waals surface area contributed by atoms with Crippen molar-refractivity contribution in [3.63, 3.8) is 0 Å². The minimum absolute atomic E-state index is 0.0464. The van der Waals surface area contributed by atoms with Crippen molar-refractivity contribution in [2.45, 2.75) is 26.7 Å². The number of esters is 1. The van der Waals surface area contributed by atoms with E-state index in [2.05, 4.69) is 6.58 Å². The van der Waals surface area contributed by atoms with Crippen molar-refractivity contribution in [3.8, 4) is 0 Å². The maximum absolute atomic E-state index is 10.7. The third-order valence-electron chi connectivity index (χ3n) is 1.76. The Morgan fingerprint density at radius 3 is 2.27 bits per heavy atom. The number of rotatable bonds is 8. The Morgan fingerprint density at radius 1 is 1.13 bits per heavy atom. The van der Waals surface area contributed by atoms with Gasteiger partial charge in [-0.15, -0.1) is 0 Å². The van der Waals surface area contributed by atoms with Crippen molar-refractivity contribution in [1.82, 2.24) is 0 Å². The fraction of sp³-hybridized carbons (Fsp3) is 0.636. The van der Waals surface area contributed by atoms with Gasteiger partial charge in [0.05, 0.1) is 13.2 Å². The van der Waals surface area contributed by atoms with Gasteiger partial charge in [-0.1, -0.05) is 6.58 Å². The molecule has 0 rings (SSSR count). The minimum Gasteiger partial charge on any atom is -0.466 e. The third kappa shape index (κ3) is 9.15. The number of unbranched alkanes of at least 4 members (excludes halogenated alkanes) is 1. The summed E-state index contributed by atoms with van der Waals surface area (Å²) in [7, 11) is 0. The van der Waals surface area contributed by atoms with Crippen LogP contribution in [0.15, 0.2) is 12.2 Å².